The molecule has 4 heteroatoms. The van der Waals surface area contributed by atoms with Gasteiger partial charge in [0, 0.05) is 34.0 Å². The summed E-state index contributed by atoms with van der Waals surface area (Å²) in [6, 6.07) is 10.5. The molecule has 3 rings (SSSR count). The number of rotatable bonds is 5. The predicted octanol–water partition coefficient (Wildman–Crippen LogP) is 4.91. The Morgan fingerprint density at radius 1 is 1.14 bits per heavy atom. The van der Waals surface area contributed by atoms with Gasteiger partial charge in [-0.15, -0.1) is 11.3 Å². The molecule has 2 aromatic heterocycles. The lowest BCUT2D eigenvalue weighted by atomic mass is 10.1. The number of hydrogen-bond donors (Lipinski definition) is 1. The van der Waals surface area contributed by atoms with Gasteiger partial charge in [-0.2, -0.15) is 0 Å². The molecule has 21 heavy (non-hydrogen) atoms. The van der Waals surface area contributed by atoms with Crippen molar-refractivity contribution in [3.8, 4) is 0 Å². The van der Waals surface area contributed by atoms with E-state index in [1.807, 2.05) is 23.6 Å². The molecule has 0 aliphatic heterocycles. The summed E-state index contributed by atoms with van der Waals surface area (Å²) in [6.07, 6.45) is 2.95. The zero-order valence-corrected chi connectivity index (χ0v) is 14.3. The van der Waals surface area contributed by atoms with E-state index in [0.29, 0.717) is 0 Å². The van der Waals surface area contributed by atoms with E-state index in [0.717, 1.165) is 29.5 Å². The minimum absolute atomic E-state index is 0.835. The molecule has 2 nitrogen and oxygen atoms in total. The fourth-order valence-electron chi connectivity index (χ4n) is 2.49. The van der Waals surface area contributed by atoms with Gasteiger partial charge in [-0.3, -0.25) is 4.98 Å². The lowest BCUT2D eigenvalue weighted by Crippen LogP contribution is -2.13. The van der Waals surface area contributed by atoms with Crippen molar-refractivity contribution in [1.29, 1.82) is 0 Å². The molecule has 0 radical (unpaired) electrons. The highest BCUT2D eigenvalue weighted by atomic mass is 79.9. The summed E-state index contributed by atoms with van der Waals surface area (Å²) in [6.45, 7) is 3.96. The van der Waals surface area contributed by atoms with Crippen LogP contribution in [0.5, 0.6) is 0 Å². The number of nitrogens with one attached hydrogen (secondary N) is 1. The molecule has 0 spiro atoms. The minimum atomic E-state index is 0.835. The summed E-state index contributed by atoms with van der Waals surface area (Å²) < 4.78 is 1.10. The second kappa shape index (κ2) is 6.69. The number of aryl methyl sites for hydroxylation is 1. The predicted molar refractivity (Wildman–Crippen MR) is 93.7 cm³/mol. The molecule has 0 fully saturated rings. The fraction of sp³-hybridized carbons (Fsp3) is 0.235. The van der Waals surface area contributed by atoms with Gasteiger partial charge in [-0.1, -0.05) is 35.0 Å². The van der Waals surface area contributed by atoms with Gasteiger partial charge in [0.05, 0.1) is 5.52 Å². The van der Waals surface area contributed by atoms with Crippen LogP contribution in [0, 0.1) is 0 Å². The summed E-state index contributed by atoms with van der Waals surface area (Å²) >= 11 is 5.42. The third-order valence-corrected chi connectivity index (χ3v) is 5.27. The zero-order chi connectivity index (χ0) is 14.7. The SMILES string of the molecule is CCc1ccsc1CNCc1ccc(Br)c2cccnc12. The quantitative estimate of drug-likeness (QED) is 0.698. The van der Waals surface area contributed by atoms with Crippen molar-refractivity contribution in [3.63, 3.8) is 0 Å². The first-order valence-corrected chi connectivity index (χ1v) is 8.75. The molecule has 0 unspecified atom stereocenters. The van der Waals surface area contributed by atoms with Gasteiger partial charge in [-0.05, 0) is 41.1 Å². The third kappa shape index (κ3) is 3.18. The lowest BCUT2D eigenvalue weighted by Gasteiger charge is -2.09. The summed E-state index contributed by atoms with van der Waals surface area (Å²) in [5.74, 6) is 0. The highest BCUT2D eigenvalue weighted by Crippen LogP contribution is 2.25. The van der Waals surface area contributed by atoms with E-state index in [2.05, 4.69) is 62.8 Å². The maximum absolute atomic E-state index is 4.52. The van der Waals surface area contributed by atoms with Gasteiger partial charge >= 0.3 is 0 Å². The van der Waals surface area contributed by atoms with Crippen molar-refractivity contribution in [2.45, 2.75) is 26.4 Å². The van der Waals surface area contributed by atoms with Crippen molar-refractivity contribution >= 4 is 38.2 Å². The first-order valence-electron chi connectivity index (χ1n) is 7.07. The number of fused-ring (bicyclic) bond motifs is 1. The largest absolute Gasteiger partial charge is 0.308 e. The van der Waals surface area contributed by atoms with Crippen LogP contribution >= 0.6 is 27.3 Å². The second-order valence-electron chi connectivity index (χ2n) is 4.93. The Kier molecular flexibility index (Phi) is 4.68. The van der Waals surface area contributed by atoms with E-state index in [1.165, 1.54) is 21.4 Å². The Balaban J connectivity index is 1.75. The molecule has 0 atom stereocenters. The topological polar surface area (TPSA) is 24.9 Å². The smallest absolute Gasteiger partial charge is 0.0758 e. The van der Waals surface area contributed by atoms with Crippen LogP contribution in [-0.2, 0) is 19.5 Å². The van der Waals surface area contributed by atoms with Gasteiger partial charge in [0.25, 0.3) is 0 Å². The van der Waals surface area contributed by atoms with Gasteiger partial charge in [0.15, 0.2) is 0 Å². The average molecular weight is 361 g/mol. The number of benzene rings is 1. The van der Waals surface area contributed by atoms with Gasteiger partial charge < -0.3 is 5.32 Å². The van der Waals surface area contributed by atoms with Gasteiger partial charge in [0.2, 0.25) is 0 Å². The van der Waals surface area contributed by atoms with Crippen molar-refractivity contribution in [2.24, 2.45) is 0 Å². The molecule has 0 saturated heterocycles. The van der Waals surface area contributed by atoms with Crippen LogP contribution in [0.4, 0.5) is 0 Å². The van der Waals surface area contributed by atoms with Crippen LogP contribution in [0.25, 0.3) is 10.9 Å². The fourth-order valence-corrected chi connectivity index (χ4v) is 3.88. The van der Waals surface area contributed by atoms with Gasteiger partial charge in [0.1, 0.15) is 0 Å². The molecule has 0 amide bonds. The Labute approximate surface area is 137 Å². The molecule has 0 aliphatic carbocycles. The highest BCUT2D eigenvalue weighted by molar-refractivity contribution is 9.10. The first kappa shape index (κ1) is 14.7. The van der Waals surface area contributed by atoms with E-state index in [9.17, 15) is 0 Å². The van der Waals surface area contributed by atoms with Gasteiger partial charge in [-0.25, -0.2) is 0 Å². The molecule has 3 aromatic rings. The molecule has 0 saturated carbocycles. The molecule has 0 aliphatic rings. The number of hydrogen-bond acceptors (Lipinski definition) is 3. The van der Waals surface area contributed by atoms with E-state index in [4.69, 9.17) is 0 Å². The van der Waals surface area contributed by atoms with Crippen molar-refractivity contribution in [2.75, 3.05) is 0 Å². The van der Waals surface area contributed by atoms with Crippen molar-refractivity contribution in [3.05, 3.63) is 62.4 Å². The maximum Gasteiger partial charge on any atom is 0.0758 e. The van der Waals surface area contributed by atoms with Crippen LogP contribution in [0.3, 0.4) is 0 Å². The molecule has 1 aromatic carbocycles. The van der Waals surface area contributed by atoms with Crippen LogP contribution in [-0.4, -0.2) is 4.98 Å². The number of nitrogens with zero attached hydrogens (tertiary/aromatic N) is 1. The normalized spacial score (nSPS) is 11.1. The summed E-state index contributed by atoms with van der Waals surface area (Å²) in [5.41, 5.74) is 3.76. The lowest BCUT2D eigenvalue weighted by molar-refractivity contribution is 0.699. The van der Waals surface area contributed by atoms with E-state index < -0.39 is 0 Å². The first-order chi connectivity index (χ1) is 10.3. The molecule has 108 valence electrons. The zero-order valence-electron chi connectivity index (χ0n) is 11.9. The Bertz CT molecular complexity index is 751. The maximum atomic E-state index is 4.52. The average Bonchev–Trinajstić information content (AvgIpc) is 2.97. The third-order valence-electron chi connectivity index (χ3n) is 3.62. The van der Waals surface area contributed by atoms with E-state index in [1.54, 1.807) is 0 Å². The van der Waals surface area contributed by atoms with E-state index >= 15 is 0 Å². The standard InChI is InChI=1S/C17H17BrN2S/c1-2-12-7-9-21-16(12)11-19-10-13-5-6-15(18)14-4-3-8-20-17(13)14/h3-9,19H,2,10-11H2,1H3. The Morgan fingerprint density at radius 3 is 2.90 bits per heavy atom. The summed E-state index contributed by atoms with van der Waals surface area (Å²) in [5, 5.41) is 6.89. The number of aromatic nitrogens is 1. The monoisotopic (exact) mass is 360 g/mol. The van der Waals surface area contributed by atoms with Crippen molar-refractivity contribution in [1.82, 2.24) is 10.3 Å². The molecule has 1 N–H and O–H groups in total. The molecule has 0 bridgehead atoms. The second-order valence-corrected chi connectivity index (χ2v) is 6.79. The molecular formula is C17H17BrN2S. The van der Waals surface area contributed by atoms with Crippen LogP contribution < -0.4 is 5.32 Å². The van der Waals surface area contributed by atoms with Crippen LogP contribution in [0.1, 0.15) is 22.9 Å². The number of thiophene rings is 1. The summed E-state index contributed by atoms with van der Waals surface area (Å²) in [4.78, 5) is 5.96. The number of pyridine rings is 1. The van der Waals surface area contributed by atoms with Crippen molar-refractivity contribution < 1.29 is 0 Å². The number of halogens is 1. The van der Waals surface area contributed by atoms with Crippen LogP contribution in [0.15, 0.2) is 46.4 Å². The van der Waals surface area contributed by atoms with E-state index in [-0.39, 0.29) is 0 Å². The van der Waals surface area contributed by atoms with Crippen LogP contribution in [0.2, 0.25) is 0 Å². The molecular weight excluding hydrogens is 344 g/mol. The summed E-state index contributed by atoms with van der Waals surface area (Å²) in [7, 11) is 0. The Morgan fingerprint density at radius 2 is 2.05 bits per heavy atom. The minimum Gasteiger partial charge on any atom is -0.308 e. The molecule has 2 heterocycles. The Hall–Kier alpha value is -1.23. The highest BCUT2D eigenvalue weighted by Gasteiger charge is 2.06.